The summed E-state index contributed by atoms with van der Waals surface area (Å²) in [5, 5.41) is 0.779. The van der Waals surface area contributed by atoms with Crippen molar-refractivity contribution in [3.63, 3.8) is 0 Å². The molecule has 5 unspecified atom stereocenters. The van der Waals surface area contributed by atoms with Crippen LogP contribution in [0.4, 0.5) is 18.9 Å². The van der Waals surface area contributed by atoms with Crippen molar-refractivity contribution in [3.8, 4) is 5.75 Å². The average molecular weight is 649 g/mol. The molecule has 7 atom stereocenters. The van der Waals surface area contributed by atoms with Crippen LogP contribution in [0.15, 0.2) is 82.6 Å². The van der Waals surface area contributed by atoms with Crippen molar-refractivity contribution in [2.45, 2.75) is 42.3 Å². The molecule has 2 amide bonds. The molecule has 11 heteroatoms. The monoisotopic (exact) mass is 648 g/mol. The molecule has 8 rings (SSSR count). The van der Waals surface area contributed by atoms with Crippen molar-refractivity contribution in [1.82, 2.24) is 4.98 Å². The van der Waals surface area contributed by atoms with Gasteiger partial charge in [0.05, 0.1) is 28.1 Å². The zero-order chi connectivity index (χ0) is 31.2. The molecule has 4 aromatic rings. The quantitative estimate of drug-likeness (QED) is 0.236. The number of halogens is 3. The van der Waals surface area contributed by atoms with Crippen molar-refractivity contribution in [2.75, 3.05) is 4.90 Å². The first-order valence-corrected chi connectivity index (χ1v) is 16.5. The Morgan fingerprint density at radius 3 is 2.40 bits per heavy atom. The number of carbonyl (C=O) groups excluding carboxylic acids is 2. The van der Waals surface area contributed by atoms with E-state index in [1.165, 1.54) is 23.5 Å². The topological polar surface area (TPSA) is 79.5 Å². The van der Waals surface area contributed by atoms with Gasteiger partial charge >= 0.3 is 11.0 Å². The van der Waals surface area contributed by atoms with Gasteiger partial charge in [-0.15, -0.1) is 11.8 Å². The summed E-state index contributed by atoms with van der Waals surface area (Å²) in [6, 6.07) is 20.4. The summed E-state index contributed by atoms with van der Waals surface area (Å²) in [4.78, 5) is 45.0. The fourth-order valence-corrected chi connectivity index (χ4v) is 11.1. The summed E-state index contributed by atoms with van der Waals surface area (Å²) in [6.45, 7) is 2.47. The minimum absolute atomic E-state index is 0.0162. The number of hydrogen-bond donors (Lipinski definition) is 1. The predicted octanol–water partition coefficient (Wildman–Crippen LogP) is 7.02. The number of H-pyrrole nitrogens is 1. The van der Waals surface area contributed by atoms with Crippen molar-refractivity contribution in [3.05, 3.63) is 110 Å². The molecule has 2 aliphatic heterocycles. The second-order valence-electron chi connectivity index (χ2n) is 12.4. The van der Waals surface area contributed by atoms with E-state index in [1.54, 1.807) is 11.8 Å². The lowest BCUT2D eigenvalue weighted by Crippen LogP contribution is -2.42. The van der Waals surface area contributed by atoms with Gasteiger partial charge in [-0.2, -0.15) is 13.2 Å². The van der Waals surface area contributed by atoms with E-state index >= 15 is 0 Å². The molecule has 0 spiro atoms. The molecule has 2 saturated carbocycles. The lowest BCUT2D eigenvalue weighted by Gasteiger charge is -2.43. The zero-order valence-corrected chi connectivity index (χ0v) is 25.5. The first-order chi connectivity index (χ1) is 21.6. The molecule has 3 aromatic carbocycles. The fraction of sp³-hybridized carbons (Fsp3) is 0.324. The number of aryl methyl sites for hydroxylation is 1. The van der Waals surface area contributed by atoms with Gasteiger partial charge in [-0.25, -0.2) is 0 Å². The highest BCUT2D eigenvalue weighted by Gasteiger charge is 2.69. The highest BCUT2D eigenvalue weighted by molar-refractivity contribution is 8.00. The molecule has 2 bridgehead atoms. The molecule has 230 valence electrons. The van der Waals surface area contributed by atoms with Crippen molar-refractivity contribution < 1.29 is 27.5 Å². The summed E-state index contributed by atoms with van der Waals surface area (Å²) in [6.07, 6.45) is -3.90. The number of amides is 2. The van der Waals surface area contributed by atoms with E-state index in [-0.39, 0.29) is 39.5 Å². The minimum Gasteiger partial charge on any atom is -0.489 e. The van der Waals surface area contributed by atoms with Crippen LogP contribution in [-0.2, 0) is 22.4 Å². The highest BCUT2D eigenvalue weighted by Crippen LogP contribution is 2.68. The Morgan fingerprint density at radius 2 is 1.67 bits per heavy atom. The number of imide groups is 1. The number of carbonyl (C=O) groups is 2. The third kappa shape index (κ3) is 4.57. The van der Waals surface area contributed by atoms with Gasteiger partial charge in [-0.05, 0) is 72.6 Å². The number of hydrogen-bond acceptors (Lipinski definition) is 6. The maximum Gasteiger partial charge on any atom is 0.416 e. The summed E-state index contributed by atoms with van der Waals surface area (Å²) < 4.78 is 46.5. The van der Waals surface area contributed by atoms with Gasteiger partial charge < -0.3 is 9.72 Å². The second kappa shape index (κ2) is 10.3. The Hall–Kier alpha value is -3.83. The first kappa shape index (κ1) is 28.6. The molecular formula is C34H27F3N2O4S2. The van der Waals surface area contributed by atoms with Crippen molar-refractivity contribution in [1.29, 1.82) is 0 Å². The summed E-state index contributed by atoms with van der Waals surface area (Å²) in [5.41, 5.74) is 2.29. The number of alkyl halides is 3. The van der Waals surface area contributed by atoms with Gasteiger partial charge in [0.2, 0.25) is 11.8 Å². The molecular weight excluding hydrogens is 622 g/mol. The van der Waals surface area contributed by atoms with Crippen LogP contribution >= 0.6 is 23.1 Å². The number of nitrogens with zero attached hydrogens (tertiary/aromatic N) is 1. The zero-order valence-electron chi connectivity index (χ0n) is 23.9. The standard InChI is InChI=1S/C34H27F3N2O4S2/c1-16-4-2-5-17(12-16)15-43-21-10-8-18(9-11-21)24-25-22-14-23(28(25)44-30-29(24)45-33(42)38-30)27-26(22)31(40)39(32(27)41)20-7-3-6-19(13-20)34(35,36)37/h2-13,22-28H,14-15H2,1H3,(H,38,42)/t22-,23-,24?,25?,26?,27?,28?/m1/s1. The van der Waals surface area contributed by atoms with E-state index in [2.05, 4.69) is 11.1 Å². The first-order valence-electron chi connectivity index (χ1n) is 14.8. The van der Waals surface area contributed by atoms with Gasteiger partial charge in [0.25, 0.3) is 0 Å². The maximum atomic E-state index is 13.9. The molecule has 1 aromatic heterocycles. The Balaban J connectivity index is 1.11. The normalized spacial score (nSPS) is 28.3. The molecule has 6 nitrogen and oxygen atoms in total. The molecule has 1 saturated heterocycles. The number of fused-ring (bicyclic) bond motifs is 9. The number of benzene rings is 3. The fourth-order valence-electron chi connectivity index (χ4n) is 8.21. The van der Waals surface area contributed by atoms with Gasteiger partial charge in [0, 0.05) is 16.0 Å². The van der Waals surface area contributed by atoms with Gasteiger partial charge in [0.15, 0.2) is 0 Å². The van der Waals surface area contributed by atoms with Crippen molar-refractivity contribution in [2.24, 2.45) is 29.6 Å². The summed E-state index contributed by atoms with van der Waals surface area (Å²) >= 11 is 2.75. The largest absolute Gasteiger partial charge is 0.489 e. The van der Waals surface area contributed by atoms with Gasteiger partial charge in [-0.3, -0.25) is 19.3 Å². The minimum atomic E-state index is -4.59. The van der Waals surface area contributed by atoms with E-state index in [1.807, 2.05) is 49.4 Å². The van der Waals surface area contributed by atoms with Crippen LogP contribution < -0.4 is 14.5 Å². The van der Waals surface area contributed by atoms with Crippen LogP contribution in [0.3, 0.4) is 0 Å². The SMILES string of the molecule is Cc1cccc(COc2ccc(C3c4sc(=O)[nH]c4SC4C3[C@H]3C[C@@H]4C4C(=O)N(c5cccc(C(F)(F)F)c5)C(=O)C43)cc2)c1. The summed E-state index contributed by atoms with van der Waals surface area (Å²) in [5.74, 6) is -1.77. The summed E-state index contributed by atoms with van der Waals surface area (Å²) in [7, 11) is 0. The third-order valence-electron chi connectivity index (χ3n) is 9.88. The van der Waals surface area contributed by atoms with Crippen LogP contribution in [0, 0.1) is 36.5 Å². The lowest BCUT2D eigenvalue weighted by molar-refractivity contribution is -0.137. The third-order valence-corrected chi connectivity index (χ3v) is 12.5. The van der Waals surface area contributed by atoms with Gasteiger partial charge in [-0.1, -0.05) is 59.4 Å². The van der Waals surface area contributed by atoms with E-state index in [4.69, 9.17) is 4.74 Å². The van der Waals surface area contributed by atoms with E-state index < -0.39 is 35.4 Å². The van der Waals surface area contributed by atoms with E-state index in [0.29, 0.717) is 18.8 Å². The molecule has 45 heavy (non-hydrogen) atoms. The number of aromatic nitrogens is 1. The molecule has 3 fully saturated rings. The molecule has 1 N–H and O–H groups in total. The predicted molar refractivity (Wildman–Crippen MR) is 164 cm³/mol. The average Bonchev–Trinajstić information content (AvgIpc) is 3.75. The number of nitrogens with one attached hydrogen (secondary N) is 1. The van der Waals surface area contributed by atoms with Crippen LogP contribution in [0.2, 0.25) is 0 Å². The molecule has 0 radical (unpaired) electrons. The van der Waals surface area contributed by atoms with E-state index in [9.17, 15) is 27.6 Å². The number of rotatable bonds is 5. The van der Waals surface area contributed by atoms with Crippen LogP contribution in [0.25, 0.3) is 0 Å². The Morgan fingerprint density at radius 1 is 0.933 bits per heavy atom. The number of thiazole rings is 1. The number of anilines is 1. The molecule has 2 aliphatic carbocycles. The van der Waals surface area contributed by atoms with Crippen LogP contribution in [0.5, 0.6) is 5.75 Å². The lowest BCUT2D eigenvalue weighted by atomic mass is 9.68. The van der Waals surface area contributed by atoms with E-state index in [0.717, 1.165) is 43.6 Å². The Labute approximate surface area is 264 Å². The van der Waals surface area contributed by atoms with Gasteiger partial charge in [0.1, 0.15) is 12.4 Å². The van der Waals surface area contributed by atoms with Crippen molar-refractivity contribution >= 4 is 40.6 Å². The van der Waals surface area contributed by atoms with Crippen LogP contribution in [-0.4, -0.2) is 22.0 Å². The molecule has 3 heterocycles. The maximum absolute atomic E-state index is 13.9. The smallest absolute Gasteiger partial charge is 0.416 e. The molecule has 4 aliphatic rings. The highest BCUT2D eigenvalue weighted by atomic mass is 32.2. The number of ether oxygens (including phenoxy) is 1. The Kier molecular flexibility index (Phi) is 6.58. The van der Waals surface area contributed by atoms with Crippen LogP contribution in [0.1, 0.15) is 39.5 Å². The second-order valence-corrected chi connectivity index (χ2v) is 14.6. The number of aromatic amines is 1. The Bertz CT molecular complexity index is 1900. The number of thioether (sulfide) groups is 1.